The number of nitrogens with zero attached hydrogens (tertiary/aromatic N) is 1. The molecule has 0 radical (unpaired) electrons. The second kappa shape index (κ2) is 7.09. The predicted octanol–water partition coefficient (Wildman–Crippen LogP) is 1.57. The largest absolute Gasteiger partial charge is 0.368 e. The van der Waals surface area contributed by atoms with Crippen molar-refractivity contribution in [2.75, 3.05) is 13.1 Å². The average Bonchev–Trinajstić information content (AvgIpc) is 2.89. The number of carbonyl (C=O) groups is 2. The number of hydrogen-bond acceptors (Lipinski definition) is 4. The maximum Gasteiger partial charge on any atom is 0.249 e. The van der Waals surface area contributed by atoms with E-state index in [1.807, 2.05) is 36.4 Å². The summed E-state index contributed by atoms with van der Waals surface area (Å²) in [7, 11) is 1.56. The molecule has 0 aromatic heterocycles. The van der Waals surface area contributed by atoms with Gasteiger partial charge in [-0.05, 0) is 14.7 Å². The summed E-state index contributed by atoms with van der Waals surface area (Å²) in [6.45, 7) is 0.543. The zero-order valence-electron chi connectivity index (χ0n) is 10.6. The highest BCUT2D eigenvalue weighted by Crippen LogP contribution is 2.40. The molecule has 1 unspecified atom stereocenters. The van der Waals surface area contributed by atoms with Gasteiger partial charge in [-0.25, -0.2) is 4.31 Å². The first kappa shape index (κ1) is 15.3. The minimum Gasteiger partial charge on any atom is -0.368 e. The summed E-state index contributed by atoms with van der Waals surface area (Å²) in [5, 5.41) is 2.55. The lowest BCUT2D eigenvalue weighted by Gasteiger charge is -2.23. The highest BCUT2D eigenvalue weighted by Gasteiger charge is 2.32. The van der Waals surface area contributed by atoms with Gasteiger partial charge in [0.1, 0.15) is 0 Å². The minimum absolute atomic E-state index is 0.106. The molecule has 3 N–H and O–H groups in total. The molecule has 0 saturated heterocycles. The van der Waals surface area contributed by atoms with Crippen molar-refractivity contribution >= 4 is 42.1 Å². The quantitative estimate of drug-likeness (QED) is 0.578. The molecule has 7 heteroatoms. The number of rotatable bonds is 5. The van der Waals surface area contributed by atoms with Crippen LogP contribution in [0.3, 0.4) is 0 Å². The molecule has 1 aromatic rings. The lowest BCUT2D eigenvalue weighted by atomic mass is 10.0. The molecule has 5 nitrogen and oxygen atoms in total. The second-order valence-electron chi connectivity index (χ2n) is 4.29. The van der Waals surface area contributed by atoms with Crippen molar-refractivity contribution in [1.82, 2.24) is 9.62 Å². The van der Waals surface area contributed by atoms with Gasteiger partial charge in [-0.1, -0.05) is 36.4 Å². The lowest BCUT2D eigenvalue weighted by Crippen LogP contribution is -2.35. The number of benzene rings is 1. The molecule has 0 aliphatic carbocycles. The molecule has 1 heterocycles. The van der Waals surface area contributed by atoms with Crippen LogP contribution in [0.25, 0.3) is 0 Å². The Morgan fingerprint density at radius 3 is 2.70 bits per heavy atom. The summed E-state index contributed by atoms with van der Waals surface area (Å²) in [5.41, 5.74) is 6.75. The van der Waals surface area contributed by atoms with Crippen molar-refractivity contribution in [1.29, 1.82) is 0 Å². The third kappa shape index (κ3) is 3.53. The van der Waals surface area contributed by atoms with Gasteiger partial charge < -0.3 is 11.1 Å². The van der Waals surface area contributed by atoms with Crippen molar-refractivity contribution in [3.8, 4) is 0 Å². The van der Waals surface area contributed by atoms with Crippen LogP contribution in [0, 0.1) is 0 Å². The van der Waals surface area contributed by atoms with Gasteiger partial charge in [-0.3, -0.25) is 9.59 Å². The first-order valence-electron chi connectivity index (χ1n) is 6.00. The van der Waals surface area contributed by atoms with Gasteiger partial charge in [-0.15, -0.1) is 0 Å². The monoisotopic (exact) mass is 403 g/mol. The highest BCUT2D eigenvalue weighted by molar-refractivity contribution is 14.2. The number of halogens is 1. The lowest BCUT2D eigenvalue weighted by molar-refractivity contribution is -0.122. The molecule has 2 rings (SSSR count). The van der Waals surface area contributed by atoms with Gasteiger partial charge in [-0.2, -0.15) is 0 Å². The van der Waals surface area contributed by atoms with Gasteiger partial charge in [0.25, 0.3) is 0 Å². The van der Waals surface area contributed by atoms with Crippen molar-refractivity contribution in [2.45, 2.75) is 6.04 Å². The predicted molar refractivity (Wildman–Crippen MR) is 87.8 cm³/mol. The van der Waals surface area contributed by atoms with Gasteiger partial charge in [0.15, 0.2) is 0 Å². The molecule has 0 spiro atoms. The smallest absolute Gasteiger partial charge is 0.249 e. The Labute approximate surface area is 133 Å². The van der Waals surface area contributed by atoms with Gasteiger partial charge in [0.2, 0.25) is 11.8 Å². The van der Waals surface area contributed by atoms with Crippen molar-refractivity contribution in [2.24, 2.45) is 5.73 Å². The molecule has 0 bridgehead atoms. The van der Waals surface area contributed by atoms with E-state index in [-0.39, 0.29) is 18.5 Å². The third-order valence-electron chi connectivity index (χ3n) is 2.96. The van der Waals surface area contributed by atoms with Crippen molar-refractivity contribution < 1.29 is 9.59 Å². The van der Waals surface area contributed by atoms with Crippen LogP contribution in [-0.2, 0) is 9.59 Å². The Morgan fingerprint density at radius 2 is 2.10 bits per heavy atom. The van der Waals surface area contributed by atoms with Crippen LogP contribution in [0.15, 0.2) is 42.0 Å². The number of primary amides is 1. The fraction of sp³-hybridized carbons (Fsp3) is 0.231. The van der Waals surface area contributed by atoms with Crippen LogP contribution in [-0.4, -0.2) is 29.2 Å². The Morgan fingerprint density at radius 1 is 1.40 bits per heavy atom. The Bertz CT molecular complexity index is 536. The van der Waals surface area contributed by atoms with Crippen LogP contribution in [0.4, 0.5) is 0 Å². The van der Waals surface area contributed by atoms with Gasteiger partial charge in [0, 0.05) is 33.3 Å². The Balaban J connectivity index is 2.19. The summed E-state index contributed by atoms with van der Waals surface area (Å²) in [4.78, 5) is 22.9. The van der Waals surface area contributed by atoms with Crippen LogP contribution in [0.2, 0.25) is 0 Å². The van der Waals surface area contributed by atoms with E-state index in [1.54, 1.807) is 9.12 Å². The van der Waals surface area contributed by atoms with E-state index in [9.17, 15) is 9.59 Å². The van der Waals surface area contributed by atoms with Crippen LogP contribution >= 0.6 is 30.3 Å². The summed E-state index contributed by atoms with van der Waals surface area (Å²) in [5.74, 6) is -0.793. The Hall–Kier alpha value is -1.06. The Kier molecular flexibility index (Phi) is 5.44. The zero-order valence-corrected chi connectivity index (χ0v) is 13.6. The maximum absolute atomic E-state index is 12.2. The van der Waals surface area contributed by atoms with Crippen LogP contribution < -0.4 is 11.1 Å². The fourth-order valence-corrected chi connectivity index (χ4v) is 3.71. The molecule has 2 amide bonds. The molecular weight excluding hydrogens is 389 g/mol. The zero-order chi connectivity index (χ0) is 14.5. The number of amides is 2. The average molecular weight is 403 g/mol. The molecule has 1 aliphatic heterocycles. The second-order valence-corrected chi connectivity index (χ2v) is 6.08. The van der Waals surface area contributed by atoms with E-state index in [2.05, 4.69) is 30.8 Å². The molecule has 1 aromatic carbocycles. The van der Waals surface area contributed by atoms with E-state index in [0.717, 1.165) is 5.56 Å². The van der Waals surface area contributed by atoms with Crippen LogP contribution in [0.5, 0.6) is 0 Å². The number of nitrogens with two attached hydrogens (primary N) is 1. The van der Waals surface area contributed by atoms with Gasteiger partial charge >= 0.3 is 0 Å². The summed E-state index contributed by atoms with van der Waals surface area (Å²) < 4.78 is 2.11. The molecule has 0 saturated carbocycles. The van der Waals surface area contributed by atoms with E-state index >= 15 is 0 Å². The molecular formula is C13H14IN3O2S. The first-order valence-corrected chi connectivity index (χ1v) is 9.32. The van der Waals surface area contributed by atoms with Gasteiger partial charge in [0.05, 0.1) is 12.6 Å². The van der Waals surface area contributed by atoms with Crippen molar-refractivity contribution in [3.63, 3.8) is 0 Å². The first-order chi connectivity index (χ1) is 9.63. The normalized spacial score (nSPS) is 18.6. The summed E-state index contributed by atoms with van der Waals surface area (Å²) in [6.07, 6.45) is 1.89. The van der Waals surface area contributed by atoms with E-state index in [4.69, 9.17) is 5.73 Å². The minimum atomic E-state index is -0.548. The maximum atomic E-state index is 12.2. The third-order valence-corrected chi connectivity index (χ3v) is 5.02. The highest BCUT2D eigenvalue weighted by atomic mass is 127. The van der Waals surface area contributed by atoms with Crippen molar-refractivity contribution in [3.05, 3.63) is 47.5 Å². The number of nitrogens with one attached hydrogen (secondary N) is 1. The fourth-order valence-electron chi connectivity index (χ4n) is 2.10. The summed E-state index contributed by atoms with van der Waals surface area (Å²) >= 11 is 2.20. The van der Waals surface area contributed by atoms with E-state index < -0.39 is 5.91 Å². The van der Waals surface area contributed by atoms with E-state index in [0.29, 0.717) is 12.1 Å². The molecule has 1 aliphatic rings. The SMILES string of the molecule is NC(=O)CNC(=O)C1=CCN(SI)C1c1ccccc1. The standard InChI is InChI=1S/C13H14IN3O2S/c14-20-17-7-6-10(13(19)16-8-11(15)18)12(17)9-4-2-1-3-5-9/h1-6,12H,7-8H2,(H2,15,18)(H,16,19). The number of hydrogen-bond donors (Lipinski definition) is 2. The molecule has 106 valence electrons. The molecule has 1 atom stereocenters. The van der Waals surface area contributed by atoms with Crippen LogP contribution in [0.1, 0.15) is 11.6 Å². The number of carbonyl (C=O) groups excluding carboxylic acids is 2. The topological polar surface area (TPSA) is 75.4 Å². The summed E-state index contributed by atoms with van der Waals surface area (Å²) in [6, 6.07) is 9.71. The molecule has 20 heavy (non-hydrogen) atoms. The van der Waals surface area contributed by atoms with E-state index in [1.165, 1.54) is 0 Å². The molecule has 0 fully saturated rings.